The Morgan fingerprint density at radius 3 is 2.61 bits per heavy atom. The summed E-state index contributed by atoms with van der Waals surface area (Å²) in [6.07, 6.45) is 2.81. The number of benzene rings is 2. The molecule has 0 fully saturated rings. The molecule has 1 atom stereocenters. The Hall–Kier alpha value is -2.07. The average molecular weight is 315 g/mol. The Morgan fingerprint density at radius 1 is 1.13 bits per heavy atom. The van der Waals surface area contributed by atoms with E-state index >= 15 is 0 Å². The number of nitrogens with one attached hydrogen (secondary N) is 1. The number of fused-ring (bicyclic) bond motifs is 1. The topological polar surface area (TPSA) is 30.5 Å². The van der Waals surface area contributed by atoms with Crippen molar-refractivity contribution >= 4 is 0 Å². The fourth-order valence-corrected chi connectivity index (χ4v) is 3.24. The van der Waals surface area contributed by atoms with E-state index in [1.54, 1.807) is 14.2 Å². The van der Waals surface area contributed by atoms with Gasteiger partial charge in [-0.25, -0.2) is 4.39 Å². The maximum atomic E-state index is 13.0. The summed E-state index contributed by atoms with van der Waals surface area (Å²) in [5.74, 6) is 1.51. The van der Waals surface area contributed by atoms with Gasteiger partial charge >= 0.3 is 0 Å². The first-order chi connectivity index (χ1) is 11.2. The van der Waals surface area contributed by atoms with E-state index in [2.05, 4.69) is 11.4 Å². The van der Waals surface area contributed by atoms with Gasteiger partial charge in [0.25, 0.3) is 0 Å². The van der Waals surface area contributed by atoms with E-state index in [9.17, 15) is 4.39 Å². The first-order valence-electron chi connectivity index (χ1n) is 7.94. The van der Waals surface area contributed by atoms with E-state index in [0.29, 0.717) is 0 Å². The number of hydrogen-bond acceptors (Lipinski definition) is 3. The molecular formula is C19H22FNO2. The summed E-state index contributed by atoms with van der Waals surface area (Å²) in [5, 5.41) is 3.57. The highest BCUT2D eigenvalue weighted by molar-refractivity contribution is 5.49. The lowest BCUT2D eigenvalue weighted by atomic mass is 9.89. The van der Waals surface area contributed by atoms with Gasteiger partial charge in [0.15, 0.2) is 0 Å². The van der Waals surface area contributed by atoms with Crippen molar-refractivity contribution in [2.75, 3.05) is 20.8 Å². The largest absolute Gasteiger partial charge is 0.497 e. The van der Waals surface area contributed by atoms with Crippen molar-refractivity contribution in [2.45, 2.75) is 25.3 Å². The van der Waals surface area contributed by atoms with Gasteiger partial charge in [-0.05, 0) is 55.1 Å². The first-order valence-corrected chi connectivity index (χ1v) is 7.94. The van der Waals surface area contributed by atoms with Crippen LogP contribution in [-0.2, 0) is 12.8 Å². The molecule has 0 bridgehead atoms. The SMILES string of the molecule is COc1cc2c(c(OC)c1)C(CCc1ccc(F)cc1)NCC2. The molecule has 3 nitrogen and oxygen atoms in total. The normalized spacial score (nSPS) is 16.7. The van der Waals surface area contributed by atoms with Crippen molar-refractivity contribution in [3.63, 3.8) is 0 Å². The quantitative estimate of drug-likeness (QED) is 0.913. The van der Waals surface area contributed by atoms with Crippen molar-refractivity contribution in [1.82, 2.24) is 5.32 Å². The molecule has 0 aromatic heterocycles. The van der Waals surface area contributed by atoms with Gasteiger partial charge in [-0.3, -0.25) is 0 Å². The fourth-order valence-electron chi connectivity index (χ4n) is 3.24. The number of halogens is 1. The summed E-state index contributed by atoms with van der Waals surface area (Å²) in [7, 11) is 3.37. The average Bonchev–Trinajstić information content (AvgIpc) is 2.60. The Labute approximate surface area is 136 Å². The summed E-state index contributed by atoms with van der Waals surface area (Å²) < 4.78 is 24.0. The molecule has 2 aromatic rings. The highest BCUT2D eigenvalue weighted by Gasteiger charge is 2.24. The van der Waals surface area contributed by atoms with Crippen LogP contribution < -0.4 is 14.8 Å². The third-order valence-corrected chi connectivity index (χ3v) is 4.43. The second kappa shape index (κ2) is 7.01. The minimum Gasteiger partial charge on any atom is -0.497 e. The van der Waals surface area contributed by atoms with Crippen molar-refractivity contribution in [3.8, 4) is 11.5 Å². The van der Waals surface area contributed by atoms with Gasteiger partial charge < -0.3 is 14.8 Å². The van der Waals surface area contributed by atoms with E-state index < -0.39 is 0 Å². The van der Waals surface area contributed by atoms with Gasteiger partial charge in [-0.15, -0.1) is 0 Å². The minimum absolute atomic E-state index is 0.191. The zero-order valence-electron chi connectivity index (χ0n) is 13.6. The van der Waals surface area contributed by atoms with Crippen LogP contribution in [0.25, 0.3) is 0 Å². The smallest absolute Gasteiger partial charge is 0.127 e. The molecule has 1 unspecified atom stereocenters. The lowest BCUT2D eigenvalue weighted by Crippen LogP contribution is -2.30. The van der Waals surface area contributed by atoms with E-state index in [1.165, 1.54) is 23.3 Å². The molecule has 122 valence electrons. The molecule has 0 amide bonds. The maximum absolute atomic E-state index is 13.0. The molecule has 1 aliphatic rings. The van der Waals surface area contributed by atoms with Crippen LogP contribution in [0, 0.1) is 5.82 Å². The molecule has 0 aliphatic carbocycles. The van der Waals surface area contributed by atoms with Crippen molar-refractivity contribution in [1.29, 1.82) is 0 Å². The van der Waals surface area contributed by atoms with Crippen molar-refractivity contribution in [3.05, 3.63) is 58.9 Å². The first kappa shape index (κ1) is 15.8. The van der Waals surface area contributed by atoms with Gasteiger partial charge in [0.1, 0.15) is 17.3 Å². The Bertz CT molecular complexity index is 653. The van der Waals surface area contributed by atoms with Crippen LogP contribution in [-0.4, -0.2) is 20.8 Å². The number of ether oxygens (including phenoxy) is 2. The molecule has 1 N–H and O–H groups in total. The highest BCUT2D eigenvalue weighted by atomic mass is 19.1. The number of rotatable bonds is 5. The maximum Gasteiger partial charge on any atom is 0.127 e. The van der Waals surface area contributed by atoms with Crippen LogP contribution in [0.2, 0.25) is 0 Å². The Balaban J connectivity index is 1.81. The molecule has 1 heterocycles. The molecule has 2 aromatic carbocycles. The third kappa shape index (κ3) is 3.48. The zero-order chi connectivity index (χ0) is 16.2. The van der Waals surface area contributed by atoms with Crippen LogP contribution >= 0.6 is 0 Å². The second-order valence-corrected chi connectivity index (χ2v) is 5.82. The van der Waals surface area contributed by atoms with Crippen molar-refractivity contribution in [2.24, 2.45) is 0 Å². The van der Waals surface area contributed by atoms with Crippen molar-refractivity contribution < 1.29 is 13.9 Å². The monoisotopic (exact) mass is 315 g/mol. The summed E-state index contributed by atoms with van der Waals surface area (Å²) >= 11 is 0. The summed E-state index contributed by atoms with van der Waals surface area (Å²) in [6, 6.07) is 11.0. The van der Waals surface area contributed by atoms with Crippen LogP contribution in [0.4, 0.5) is 4.39 Å². The van der Waals surface area contributed by atoms with E-state index in [4.69, 9.17) is 9.47 Å². The minimum atomic E-state index is -0.191. The van der Waals surface area contributed by atoms with E-state index in [1.807, 2.05) is 18.2 Å². The lowest BCUT2D eigenvalue weighted by Gasteiger charge is -2.29. The van der Waals surface area contributed by atoms with E-state index in [0.717, 1.165) is 42.9 Å². The summed E-state index contributed by atoms with van der Waals surface area (Å²) in [6.45, 7) is 0.942. The van der Waals surface area contributed by atoms with Gasteiger partial charge in [0, 0.05) is 17.7 Å². The van der Waals surface area contributed by atoms with E-state index in [-0.39, 0.29) is 11.9 Å². The highest BCUT2D eigenvalue weighted by Crippen LogP contribution is 2.37. The van der Waals surface area contributed by atoms with Crippen LogP contribution in [0.3, 0.4) is 0 Å². The van der Waals surface area contributed by atoms with Crippen LogP contribution in [0.1, 0.15) is 29.2 Å². The predicted octanol–water partition coefficient (Wildman–Crippen LogP) is 3.66. The molecule has 0 radical (unpaired) electrons. The molecular weight excluding hydrogens is 293 g/mol. The lowest BCUT2D eigenvalue weighted by molar-refractivity contribution is 0.373. The predicted molar refractivity (Wildman–Crippen MR) is 88.7 cm³/mol. The molecule has 23 heavy (non-hydrogen) atoms. The number of methoxy groups -OCH3 is 2. The molecule has 1 aliphatic heterocycles. The second-order valence-electron chi connectivity index (χ2n) is 5.82. The standard InChI is InChI=1S/C19H22FNO2/c1-22-16-11-14-9-10-21-17(19(14)18(12-16)23-2)8-5-13-3-6-15(20)7-4-13/h3-4,6-7,11-12,17,21H,5,8-10H2,1-2H3. The van der Waals surface area contributed by atoms with Gasteiger partial charge in [-0.1, -0.05) is 12.1 Å². The Kier molecular flexibility index (Phi) is 4.82. The zero-order valence-corrected chi connectivity index (χ0v) is 13.6. The molecule has 3 rings (SSSR count). The number of hydrogen-bond donors (Lipinski definition) is 1. The summed E-state index contributed by atoms with van der Waals surface area (Å²) in [5.41, 5.74) is 3.65. The van der Waals surface area contributed by atoms with Crippen LogP contribution in [0.5, 0.6) is 11.5 Å². The molecule has 0 saturated carbocycles. The van der Waals surface area contributed by atoms with Gasteiger partial charge in [0.05, 0.1) is 14.2 Å². The van der Waals surface area contributed by atoms with Gasteiger partial charge in [-0.2, -0.15) is 0 Å². The summed E-state index contributed by atoms with van der Waals surface area (Å²) in [4.78, 5) is 0. The third-order valence-electron chi connectivity index (χ3n) is 4.43. The fraction of sp³-hybridized carbons (Fsp3) is 0.368. The molecule has 0 spiro atoms. The number of aryl methyl sites for hydroxylation is 1. The van der Waals surface area contributed by atoms with Gasteiger partial charge in [0.2, 0.25) is 0 Å². The molecule has 0 saturated heterocycles. The van der Waals surface area contributed by atoms with Crippen LogP contribution in [0.15, 0.2) is 36.4 Å². The Morgan fingerprint density at radius 2 is 1.91 bits per heavy atom. The molecule has 4 heteroatoms.